The Morgan fingerprint density at radius 1 is 1.33 bits per heavy atom. The zero-order valence-electron chi connectivity index (χ0n) is 11.6. The predicted octanol–water partition coefficient (Wildman–Crippen LogP) is 1.64. The first kappa shape index (κ1) is 13.4. The van der Waals surface area contributed by atoms with Gasteiger partial charge in [-0.1, -0.05) is 18.2 Å². The number of carbonyl (C=O) groups excluding carboxylic acids is 1. The highest BCUT2D eigenvalue weighted by Gasteiger charge is 2.34. The molecule has 1 aliphatic heterocycles. The number of rotatable bonds is 3. The molecule has 6 nitrogen and oxygen atoms in total. The molecule has 2 aromatic rings. The number of benzene rings is 1. The van der Waals surface area contributed by atoms with Gasteiger partial charge in [0, 0.05) is 31.4 Å². The third-order valence-electron chi connectivity index (χ3n) is 3.78. The molecule has 6 heteroatoms. The molecule has 0 fully saturated rings. The number of hydrogen-bond donors (Lipinski definition) is 1. The highest BCUT2D eigenvalue weighted by molar-refractivity contribution is 6.06. The second-order valence-corrected chi connectivity index (χ2v) is 5.11. The summed E-state index contributed by atoms with van der Waals surface area (Å²) >= 11 is 0. The zero-order chi connectivity index (χ0) is 15.0. The first-order valence-electron chi connectivity index (χ1n) is 6.68. The average molecular weight is 285 g/mol. The van der Waals surface area contributed by atoms with Gasteiger partial charge in [0.25, 0.3) is 5.91 Å². The molecule has 1 amide bonds. The van der Waals surface area contributed by atoms with Crippen LogP contribution in [0.1, 0.15) is 28.4 Å². The molecule has 0 saturated heterocycles. The first-order chi connectivity index (χ1) is 10.1. The number of para-hydroxylation sites is 1. The van der Waals surface area contributed by atoms with E-state index >= 15 is 0 Å². The van der Waals surface area contributed by atoms with E-state index in [4.69, 9.17) is 5.11 Å². The summed E-state index contributed by atoms with van der Waals surface area (Å²) in [7, 11) is 1.71. The quantitative estimate of drug-likeness (QED) is 0.930. The number of aromatic nitrogens is 2. The van der Waals surface area contributed by atoms with Gasteiger partial charge in [0.15, 0.2) is 0 Å². The van der Waals surface area contributed by atoms with Crippen LogP contribution in [0, 0.1) is 0 Å². The van der Waals surface area contributed by atoms with Crippen LogP contribution in [0.3, 0.4) is 0 Å². The molecule has 2 heterocycles. The summed E-state index contributed by atoms with van der Waals surface area (Å²) in [4.78, 5) is 25.3. The summed E-state index contributed by atoms with van der Waals surface area (Å²) in [6.07, 6.45) is 1.59. The van der Waals surface area contributed by atoms with E-state index in [0.29, 0.717) is 12.2 Å². The summed E-state index contributed by atoms with van der Waals surface area (Å²) in [6.45, 7) is 0.385. The molecule has 0 spiro atoms. The average Bonchev–Trinajstić information content (AvgIpc) is 3.02. The molecule has 1 atom stereocenters. The molecule has 3 rings (SSSR count). The Morgan fingerprint density at radius 3 is 2.76 bits per heavy atom. The van der Waals surface area contributed by atoms with Crippen molar-refractivity contribution >= 4 is 17.6 Å². The minimum absolute atomic E-state index is 0.0200. The van der Waals surface area contributed by atoms with Gasteiger partial charge in [-0.15, -0.1) is 0 Å². The number of amides is 1. The van der Waals surface area contributed by atoms with E-state index in [9.17, 15) is 9.59 Å². The lowest BCUT2D eigenvalue weighted by molar-refractivity contribution is -0.137. The van der Waals surface area contributed by atoms with Crippen LogP contribution in [0.4, 0.5) is 5.69 Å². The van der Waals surface area contributed by atoms with Crippen LogP contribution in [0.5, 0.6) is 0 Å². The van der Waals surface area contributed by atoms with E-state index in [1.165, 1.54) is 4.68 Å². The molecule has 0 radical (unpaired) electrons. The van der Waals surface area contributed by atoms with Crippen LogP contribution in [0.25, 0.3) is 0 Å². The lowest BCUT2D eigenvalue weighted by Gasteiger charge is -2.17. The fraction of sp³-hybridized carbons (Fsp3) is 0.267. The first-order valence-corrected chi connectivity index (χ1v) is 6.68. The Hall–Kier alpha value is -2.63. The molecule has 21 heavy (non-hydrogen) atoms. The van der Waals surface area contributed by atoms with Crippen LogP contribution in [0.15, 0.2) is 36.5 Å². The topological polar surface area (TPSA) is 75.4 Å². The summed E-state index contributed by atoms with van der Waals surface area (Å²) in [5.41, 5.74) is 2.19. The lowest BCUT2D eigenvalue weighted by atomic mass is 9.98. The number of carboxylic acid groups (broad SMARTS) is 1. The highest BCUT2D eigenvalue weighted by Crippen LogP contribution is 2.38. The number of aryl methyl sites for hydroxylation is 1. The normalized spacial score (nSPS) is 16.8. The van der Waals surface area contributed by atoms with Gasteiger partial charge >= 0.3 is 5.97 Å². The van der Waals surface area contributed by atoms with Crippen molar-refractivity contribution in [2.45, 2.75) is 12.3 Å². The minimum atomic E-state index is -0.857. The maximum Gasteiger partial charge on any atom is 0.304 e. The number of hydrogen-bond acceptors (Lipinski definition) is 3. The third-order valence-corrected chi connectivity index (χ3v) is 3.78. The molecule has 108 valence electrons. The smallest absolute Gasteiger partial charge is 0.304 e. The van der Waals surface area contributed by atoms with Crippen LogP contribution in [0.2, 0.25) is 0 Å². The molecule has 1 aromatic heterocycles. The van der Waals surface area contributed by atoms with E-state index in [1.807, 2.05) is 24.3 Å². The van der Waals surface area contributed by atoms with Crippen LogP contribution in [-0.2, 0) is 11.8 Å². The molecule has 1 N–H and O–H groups in total. The second-order valence-electron chi connectivity index (χ2n) is 5.11. The van der Waals surface area contributed by atoms with Crippen LogP contribution in [-0.4, -0.2) is 33.3 Å². The van der Waals surface area contributed by atoms with Crippen molar-refractivity contribution < 1.29 is 14.7 Å². The van der Waals surface area contributed by atoms with Gasteiger partial charge in [-0.2, -0.15) is 5.10 Å². The Bertz CT molecular complexity index is 708. The second kappa shape index (κ2) is 5.05. The summed E-state index contributed by atoms with van der Waals surface area (Å²) in [6, 6.07) is 9.12. The van der Waals surface area contributed by atoms with Crippen molar-refractivity contribution in [2.75, 3.05) is 11.4 Å². The number of nitrogens with zero attached hydrogens (tertiary/aromatic N) is 3. The van der Waals surface area contributed by atoms with Gasteiger partial charge in [-0.05, 0) is 17.7 Å². The third kappa shape index (κ3) is 2.29. The van der Waals surface area contributed by atoms with Crippen molar-refractivity contribution in [3.05, 3.63) is 47.8 Å². The highest BCUT2D eigenvalue weighted by atomic mass is 16.4. The van der Waals surface area contributed by atoms with Crippen LogP contribution < -0.4 is 4.90 Å². The van der Waals surface area contributed by atoms with Crippen molar-refractivity contribution in [1.82, 2.24) is 9.78 Å². The van der Waals surface area contributed by atoms with Gasteiger partial charge < -0.3 is 10.0 Å². The molecule has 1 aliphatic rings. The van der Waals surface area contributed by atoms with Gasteiger partial charge in [0.1, 0.15) is 5.69 Å². The molecule has 1 unspecified atom stereocenters. The Kier molecular flexibility index (Phi) is 3.21. The maximum absolute atomic E-state index is 12.6. The maximum atomic E-state index is 12.6. The van der Waals surface area contributed by atoms with Crippen molar-refractivity contribution in [2.24, 2.45) is 7.05 Å². The van der Waals surface area contributed by atoms with Crippen molar-refractivity contribution in [1.29, 1.82) is 0 Å². The van der Waals surface area contributed by atoms with Crippen LogP contribution >= 0.6 is 0 Å². The molecular formula is C15H15N3O3. The molecule has 1 aromatic carbocycles. The lowest BCUT2D eigenvalue weighted by Crippen LogP contribution is -2.31. The monoisotopic (exact) mass is 285 g/mol. The van der Waals surface area contributed by atoms with E-state index in [2.05, 4.69) is 5.10 Å². The Balaban J connectivity index is 1.96. The number of carbonyl (C=O) groups is 2. The predicted molar refractivity (Wildman–Crippen MR) is 76.3 cm³/mol. The molecule has 0 aliphatic carbocycles. The van der Waals surface area contributed by atoms with Gasteiger partial charge in [0.2, 0.25) is 0 Å². The SMILES string of the molecule is Cn1nccc1C(=O)N1CC(CC(=O)O)c2ccccc21. The Morgan fingerprint density at radius 2 is 2.10 bits per heavy atom. The van der Waals surface area contributed by atoms with Gasteiger partial charge in [-0.25, -0.2) is 0 Å². The van der Waals surface area contributed by atoms with Crippen molar-refractivity contribution in [3.63, 3.8) is 0 Å². The fourth-order valence-corrected chi connectivity index (χ4v) is 2.80. The zero-order valence-corrected chi connectivity index (χ0v) is 11.6. The van der Waals surface area contributed by atoms with E-state index in [1.54, 1.807) is 24.2 Å². The summed E-state index contributed by atoms with van der Waals surface area (Å²) in [5, 5.41) is 13.0. The van der Waals surface area contributed by atoms with E-state index in [0.717, 1.165) is 11.3 Å². The van der Waals surface area contributed by atoms with Gasteiger partial charge in [0.05, 0.1) is 6.42 Å². The summed E-state index contributed by atoms with van der Waals surface area (Å²) in [5.74, 6) is -1.18. The number of aliphatic carboxylic acids is 1. The molecular weight excluding hydrogens is 270 g/mol. The van der Waals surface area contributed by atoms with E-state index < -0.39 is 5.97 Å². The number of anilines is 1. The van der Waals surface area contributed by atoms with Gasteiger partial charge in [-0.3, -0.25) is 14.3 Å². The molecule has 0 saturated carbocycles. The fourth-order valence-electron chi connectivity index (χ4n) is 2.80. The number of fused-ring (bicyclic) bond motifs is 1. The minimum Gasteiger partial charge on any atom is -0.481 e. The largest absolute Gasteiger partial charge is 0.481 e. The summed E-state index contributed by atoms with van der Waals surface area (Å²) < 4.78 is 1.52. The number of carboxylic acids is 1. The molecule has 0 bridgehead atoms. The Labute approximate surface area is 121 Å². The van der Waals surface area contributed by atoms with Crippen molar-refractivity contribution in [3.8, 4) is 0 Å². The standard InChI is InChI=1S/C15H15N3O3/c1-17-13(6-7-16-17)15(21)18-9-10(8-14(19)20)11-4-2-3-5-12(11)18/h2-7,10H,8-9H2,1H3,(H,19,20). The van der Waals surface area contributed by atoms with E-state index in [-0.39, 0.29) is 18.2 Å².